The van der Waals surface area contributed by atoms with Gasteiger partial charge in [0.1, 0.15) is 11.5 Å². The van der Waals surface area contributed by atoms with Gasteiger partial charge in [-0.2, -0.15) is 0 Å². The van der Waals surface area contributed by atoms with Gasteiger partial charge in [-0.25, -0.2) is 12.7 Å². The van der Waals surface area contributed by atoms with Gasteiger partial charge in [0.15, 0.2) is 0 Å². The molecule has 3 aromatic rings. The topological polar surface area (TPSA) is 75.7 Å². The quantitative estimate of drug-likeness (QED) is 0.645. The lowest BCUT2D eigenvalue weighted by atomic mass is 10.2. The molecule has 1 amide bonds. The molecule has 0 saturated heterocycles. The molecule has 0 saturated carbocycles. The third-order valence-electron chi connectivity index (χ3n) is 4.27. The van der Waals surface area contributed by atoms with Crippen molar-refractivity contribution in [1.82, 2.24) is 9.62 Å². The molecule has 1 N–H and O–H groups in total. The second-order valence-corrected chi connectivity index (χ2v) is 8.64. The Balaban J connectivity index is 1.68. The third kappa shape index (κ3) is 5.01. The molecule has 0 aliphatic heterocycles. The van der Waals surface area contributed by atoms with Gasteiger partial charge in [0, 0.05) is 26.2 Å². The van der Waals surface area contributed by atoms with Crippen molar-refractivity contribution >= 4 is 15.9 Å². The van der Waals surface area contributed by atoms with E-state index in [2.05, 4.69) is 5.32 Å². The summed E-state index contributed by atoms with van der Waals surface area (Å²) in [7, 11) is -0.638. The maximum absolute atomic E-state index is 12.5. The maximum atomic E-state index is 12.5. The average molecular weight is 410 g/mol. The Hall–Kier alpha value is -3.16. The standard InChI is InChI=1S/C22H22N2O4S/c1-24(2)29(26,27)21-11-7-6-8-18(21)16-23-22(25)17-12-14-20(15-13-17)28-19-9-4-3-5-10-19/h3-15H,16H2,1-2H3,(H,23,25). The first kappa shape index (κ1) is 20.6. The molecule has 150 valence electrons. The van der Waals surface area contributed by atoms with Crippen molar-refractivity contribution in [3.8, 4) is 11.5 Å². The van der Waals surface area contributed by atoms with Gasteiger partial charge >= 0.3 is 0 Å². The lowest BCUT2D eigenvalue weighted by Gasteiger charge is -2.15. The molecule has 0 heterocycles. The summed E-state index contributed by atoms with van der Waals surface area (Å²) in [6.45, 7) is 0.102. The lowest BCUT2D eigenvalue weighted by molar-refractivity contribution is 0.0950. The van der Waals surface area contributed by atoms with Gasteiger partial charge in [0.05, 0.1) is 4.90 Å². The summed E-state index contributed by atoms with van der Waals surface area (Å²) in [4.78, 5) is 12.6. The molecule has 3 rings (SSSR count). The highest BCUT2D eigenvalue weighted by Crippen LogP contribution is 2.21. The molecule has 29 heavy (non-hydrogen) atoms. The van der Waals surface area contributed by atoms with E-state index < -0.39 is 10.0 Å². The van der Waals surface area contributed by atoms with Crippen LogP contribution in [0.15, 0.2) is 83.8 Å². The van der Waals surface area contributed by atoms with E-state index in [0.717, 1.165) is 4.31 Å². The van der Waals surface area contributed by atoms with Crippen molar-refractivity contribution in [2.24, 2.45) is 0 Å². The van der Waals surface area contributed by atoms with Gasteiger partial charge in [-0.1, -0.05) is 36.4 Å². The fraction of sp³-hybridized carbons (Fsp3) is 0.136. The summed E-state index contributed by atoms with van der Waals surface area (Å²) >= 11 is 0. The van der Waals surface area contributed by atoms with Crippen LogP contribution in [0.2, 0.25) is 0 Å². The molecular weight excluding hydrogens is 388 g/mol. The van der Waals surface area contributed by atoms with Gasteiger partial charge in [0.2, 0.25) is 10.0 Å². The van der Waals surface area contributed by atoms with Crippen LogP contribution in [-0.4, -0.2) is 32.7 Å². The number of benzene rings is 3. The predicted molar refractivity (Wildman–Crippen MR) is 111 cm³/mol. The highest BCUT2D eigenvalue weighted by molar-refractivity contribution is 7.89. The van der Waals surface area contributed by atoms with Gasteiger partial charge in [0.25, 0.3) is 5.91 Å². The van der Waals surface area contributed by atoms with E-state index in [-0.39, 0.29) is 17.3 Å². The zero-order chi connectivity index (χ0) is 20.9. The van der Waals surface area contributed by atoms with E-state index in [0.29, 0.717) is 22.6 Å². The van der Waals surface area contributed by atoms with Crippen molar-refractivity contribution in [3.05, 3.63) is 90.0 Å². The highest BCUT2D eigenvalue weighted by atomic mass is 32.2. The first-order chi connectivity index (χ1) is 13.9. The Morgan fingerprint density at radius 2 is 1.45 bits per heavy atom. The molecule has 0 fully saturated rings. The molecule has 0 aliphatic rings. The molecular formula is C22H22N2O4S. The number of rotatable bonds is 7. The molecule has 0 spiro atoms. The normalized spacial score (nSPS) is 11.3. The number of amides is 1. The lowest BCUT2D eigenvalue weighted by Crippen LogP contribution is -2.27. The van der Waals surface area contributed by atoms with Crippen LogP contribution in [0.25, 0.3) is 0 Å². The van der Waals surface area contributed by atoms with Crippen molar-refractivity contribution < 1.29 is 17.9 Å². The van der Waals surface area contributed by atoms with Crippen LogP contribution >= 0.6 is 0 Å². The molecule has 0 atom stereocenters. The molecule has 0 unspecified atom stereocenters. The summed E-state index contributed by atoms with van der Waals surface area (Å²) in [5.74, 6) is 1.03. The van der Waals surface area contributed by atoms with Crippen molar-refractivity contribution in [2.45, 2.75) is 11.4 Å². The van der Waals surface area contributed by atoms with Crippen LogP contribution in [0, 0.1) is 0 Å². The van der Waals surface area contributed by atoms with E-state index in [9.17, 15) is 13.2 Å². The minimum Gasteiger partial charge on any atom is -0.457 e. The zero-order valence-electron chi connectivity index (χ0n) is 16.2. The van der Waals surface area contributed by atoms with Gasteiger partial charge in [-0.05, 0) is 48.0 Å². The number of nitrogens with zero attached hydrogens (tertiary/aromatic N) is 1. The molecule has 0 bridgehead atoms. The number of sulfonamides is 1. The van der Waals surface area contributed by atoms with Crippen molar-refractivity contribution in [2.75, 3.05) is 14.1 Å². The van der Waals surface area contributed by atoms with Crippen LogP contribution < -0.4 is 10.1 Å². The molecule has 7 heteroatoms. The number of carbonyl (C=O) groups excluding carboxylic acids is 1. The Morgan fingerprint density at radius 3 is 2.10 bits per heavy atom. The van der Waals surface area contributed by atoms with Crippen molar-refractivity contribution in [1.29, 1.82) is 0 Å². The van der Waals surface area contributed by atoms with Crippen LogP contribution in [0.1, 0.15) is 15.9 Å². The highest BCUT2D eigenvalue weighted by Gasteiger charge is 2.20. The Morgan fingerprint density at radius 1 is 0.862 bits per heavy atom. The largest absolute Gasteiger partial charge is 0.457 e. The van der Waals surface area contributed by atoms with E-state index >= 15 is 0 Å². The molecule has 0 radical (unpaired) electrons. The molecule has 0 aromatic heterocycles. The summed E-state index contributed by atoms with van der Waals surface area (Å²) in [5, 5.41) is 2.77. The summed E-state index contributed by atoms with van der Waals surface area (Å²) in [6, 6.07) is 22.7. The Labute approximate surface area is 170 Å². The smallest absolute Gasteiger partial charge is 0.251 e. The second kappa shape index (κ2) is 8.89. The van der Waals surface area contributed by atoms with E-state index in [4.69, 9.17) is 4.74 Å². The van der Waals surface area contributed by atoms with Gasteiger partial charge in [-0.3, -0.25) is 4.79 Å². The summed E-state index contributed by atoms with van der Waals surface area (Å²) in [5.41, 5.74) is 0.983. The van der Waals surface area contributed by atoms with Gasteiger partial charge in [-0.15, -0.1) is 0 Å². The van der Waals surface area contributed by atoms with Crippen LogP contribution in [-0.2, 0) is 16.6 Å². The van der Waals surface area contributed by atoms with Crippen LogP contribution in [0.3, 0.4) is 0 Å². The van der Waals surface area contributed by atoms with E-state index in [1.165, 1.54) is 20.2 Å². The van der Waals surface area contributed by atoms with Crippen molar-refractivity contribution in [3.63, 3.8) is 0 Å². The predicted octanol–water partition coefficient (Wildman–Crippen LogP) is 3.66. The number of para-hydroxylation sites is 1. The minimum atomic E-state index is -3.59. The fourth-order valence-electron chi connectivity index (χ4n) is 2.67. The second-order valence-electron chi connectivity index (χ2n) is 6.52. The number of hydrogen-bond acceptors (Lipinski definition) is 4. The minimum absolute atomic E-state index is 0.102. The first-order valence-electron chi connectivity index (χ1n) is 8.99. The number of carbonyl (C=O) groups is 1. The first-order valence-corrected chi connectivity index (χ1v) is 10.4. The molecule has 6 nitrogen and oxygen atoms in total. The molecule has 0 aliphatic carbocycles. The Kier molecular flexibility index (Phi) is 6.31. The average Bonchev–Trinajstić information content (AvgIpc) is 2.73. The SMILES string of the molecule is CN(C)S(=O)(=O)c1ccccc1CNC(=O)c1ccc(Oc2ccccc2)cc1. The summed E-state index contributed by atoms with van der Waals surface area (Å²) < 4.78 is 31.8. The Bertz CT molecular complexity index is 1080. The van der Waals surface area contributed by atoms with Crippen LogP contribution in [0.5, 0.6) is 11.5 Å². The zero-order valence-corrected chi connectivity index (χ0v) is 17.0. The van der Waals surface area contributed by atoms with E-state index in [1.807, 2.05) is 30.3 Å². The van der Waals surface area contributed by atoms with Gasteiger partial charge < -0.3 is 10.1 Å². The number of hydrogen-bond donors (Lipinski definition) is 1. The molecule has 3 aromatic carbocycles. The number of ether oxygens (including phenoxy) is 1. The number of nitrogens with one attached hydrogen (secondary N) is 1. The van der Waals surface area contributed by atoms with E-state index in [1.54, 1.807) is 42.5 Å². The van der Waals surface area contributed by atoms with Crippen LogP contribution in [0.4, 0.5) is 0 Å². The monoisotopic (exact) mass is 410 g/mol. The summed E-state index contributed by atoms with van der Waals surface area (Å²) in [6.07, 6.45) is 0. The maximum Gasteiger partial charge on any atom is 0.251 e. The fourth-order valence-corrected chi connectivity index (χ4v) is 3.79. The third-order valence-corrected chi connectivity index (χ3v) is 6.18.